The Morgan fingerprint density at radius 1 is 1.25 bits per heavy atom. The number of amides is 1. The van der Waals surface area contributed by atoms with Crippen LogP contribution in [0.15, 0.2) is 36.4 Å². The van der Waals surface area contributed by atoms with Crippen molar-refractivity contribution in [3.05, 3.63) is 52.5 Å². The molecule has 2 aliphatic heterocycles. The van der Waals surface area contributed by atoms with E-state index in [1.165, 1.54) is 0 Å². The Labute approximate surface area is 175 Å². The van der Waals surface area contributed by atoms with Crippen molar-refractivity contribution in [2.24, 2.45) is 0 Å². The van der Waals surface area contributed by atoms with Crippen LogP contribution in [0.5, 0.6) is 17.2 Å². The Morgan fingerprint density at radius 3 is 2.86 bits per heavy atom. The van der Waals surface area contributed by atoms with Gasteiger partial charge in [0.1, 0.15) is 13.2 Å². The molecule has 1 N–H and O–H groups in total. The van der Waals surface area contributed by atoms with Crippen molar-refractivity contribution in [1.29, 1.82) is 0 Å². The smallest absolute Gasteiger partial charge is 0.254 e. The molecule has 2 aromatic rings. The molecule has 1 saturated heterocycles. The fourth-order valence-electron chi connectivity index (χ4n) is 3.52. The van der Waals surface area contributed by atoms with Gasteiger partial charge >= 0.3 is 0 Å². The average molecular weight is 425 g/mol. The van der Waals surface area contributed by atoms with E-state index in [4.69, 9.17) is 25.8 Å². The molecule has 0 spiro atoms. The predicted molar refractivity (Wildman–Crippen MR) is 109 cm³/mol. The molecule has 2 aromatic carbocycles. The zero-order chi connectivity index (χ0) is 18.8. The summed E-state index contributed by atoms with van der Waals surface area (Å²) >= 11 is 6.16. The summed E-state index contributed by atoms with van der Waals surface area (Å²) in [6.07, 6.45) is 0. The summed E-state index contributed by atoms with van der Waals surface area (Å²) in [6.45, 7) is 2.93. The van der Waals surface area contributed by atoms with Gasteiger partial charge in [-0.1, -0.05) is 23.7 Å². The normalized spacial score (nSPS) is 18.2. The average Bonchev–Trinajstić information content (AvgIpc) is 2.72. The molecule has 0 aromatic heterocycles. The summed E-state index contributed by atoms with van der Waals surface area (Å²) in [7, 11) is 1.56. The van der Waals surface area contributed by atoms with Gasteiger partial charge in [-0.05, 0) is 29.8 Å². The number of methoxy groups -OCH3 is 1. The third-order valence-electron chi connectivity index (χ3n) is 4.81. The number of fused-ring (bicyclic) bond motifs is 1. The van der Waals surface area contributed by atoms with E-state index >= 15 is 0 Å². The Hall–Kier alpha value is -2.15. The molecular formula is C20H22Cl2N2O4. The first-order valence-electron chi connectivity index (χ1n) is 8.92. The topological polar surface area (TPSA) is 60.0 Å². The van der Waals surface area contributed by atoms with Crippen LogP contribution in [0.25, 0.3) is 0 Å². The molecule has 0 radical (unpaired) electrons. The second-order valence-electron chi connectivity index (χ2n) is 6.48. The summed E-state index contributed by atoms with van der Waals surface area (Å²) in [5, 5.41) is 4.01. The maximum absolute atomic E-state index is 13.3. The lowest BCUT2D eigenvalue weighted by atomic mass is 10.0. The van der Waals surface area contributed by atoms with Crippen LogP contribution in [0.1, 0.15) is 22.0 Å². The van der Waals surface area contributed by atoms with Gasteiger partial charge in [-0.2, -0.15) is 0 Å². The van der Waals surface area contributed by atoms with Crippen LogP contribution in [-0.2, 0) is 0 Å². The summed E-state index contributed by atoms with van der Waals surface area (Å²) in [5.74, 6) is 1.52. The summed E-state index contributed by atoms with van der Waals surface area (Å²) in [5.41, 5.74) is 1.53. The highest BCUT2D eigenvalue weighted by Crippen LogP contribution is 2.41. The van der Waals surface area contributed by atoms with Gasteiger partial charge in [0.2, 0.25) is 5.75 Å². The lowest BCUT2D eigenvalue weighted by molar-refractivity contribution is 0.0632. The first-order valence-corrected chi connectivity index (χ1v) is 9.30. The van der Waals surface area contributed by atoms with Crippen molar-refractivity contribution >= 4 is 29.9 Å². The highest BCUT2D eigenvalue weighted by atomic mass is 35.5. The van der Waals surface area contributed by atoms with E-state index in [1.807, 2.05) is 29.2 Å². The number of benzene rings is 2. The number of hydrogen-bond donors (Lipinski definition) is 1. The second-order valence-corrected chi connectivity index (χ2v) is 6.91. The van der Waals surface area contributed by atoms with Gasteiger partial charge in [0.25, 0.3) is 5.91 Å². The molecule has 0 saturated carbocycles. The van der Waals surface area contributed by atoms with Crippen molar-refractivity contribution in [1.82, 2.24) is 10.2 Å². The maximum Gasteiger partial charge on any atom is 0.254 e. The zero-order valence-electron chi connectivity index (χ0n) is 15.4. The third kappa shape index (κ3) is 3.99. The van der Waals surface area contributed by atoms with Gasteiger partial charge < -0.3 is 24.4 Å². The summed E-state index contributed by atoms with van der Waals surface area (Å²) < 4.78 is 16.7. The molecule has 0 bridgehead atoms. The van der Waals surface area contributed by atoms with Crippen molar-refractivity contribution in [2.45, 2.75) is 6.04 Å². The number of rotatable bonds is 3. The standard InChI is InChI=1S/C20H21ClN2O4.ClH/c1-25-17-10-14(11-18-19(17)27-8-7-26-18)20(24)23-6-5-22-12-16(23)13-3-2-4-15(21)9-13;/h2-4,9-11,16,22H,5-8,12H2,1H3;1H. The molecule has 1 atom stereocenters. The van der Waals surface area contributed by atoms with Crippen molar-refractivity contribution in [3.63, 3.8) is 0 Å². The largest absolute Gasteiger partial charge is 0.493 e. The molecule has 1 unspecified atom stereocenters. The van der Waals surface area contributed by atoms with Crippen molar-refractivity contribution in [3.8, 4) is 17.2 Å². The van der Waals surface area contributed by atoms with E-state index in [-0.39, 0.29) is 24.4 Å². The first kappa shape index (κ1) is 20.6. The minimum absolute atomic E-state index is 0. The molecular weight excluding hydrogens is 403 g/mol. The first-order chi connectivity index (χ1) is 13.2. The fraction of sp³-hybridized carbons (Fsp3) is 0.350. The van der Waals surface area contributed by atoms with Crippen LogP contribution >= 0.6 is 24.0 Å². The number of nitrogens with zero attached hydrogens (tertiary/aromatic N) is 1. The molecule has 4 rings (SSSR count). The molecule has 0 aliphatic carbocycles. The number of halogens is 2. The number of carbonyl (C=O) groups excluding carboxylic acids is 1. The quantitative estimate of drug-likeness (QED) is 0.818. The van der Waals surface area contributed by atoms with Gasteiger partial charge in [0.15, 0.2) is 11.5 Å². The maximum atomic E-state index is 13.3. The lowest BCUT2D eigenvalue weighted by Gasteiger charge is -2.37. The van der Waals surface area contributed by atoms with Crippen molar-refractivity contribution < 1.29 is 19.0 Å². The molecule has 2 heterocycles. The SMILES string of the molecule is COc1cc(C(=O)N2CCNCC2c2cccc(Cl)c2)cc2c1OCCO2.Cl. The van der Waals surface area contributed by atoms with Crippen LogP contribution in [0, 0.1) is 0 Å². The molecule has 150 valence electrons. The molecule has 6 nitrogen and oxygen atoms in total. The number of ether oxygens (including phenoxy) is 3. The molecule has 1 amide bonds. The van der Waals surface area contributed by atoms with E-state index in [0.717, 1.165) is 12.1 Å². The van der Waals surface area contributed by atoms with Crippen LogP contribution in [0.3, 0.4) is 0 Å². The highest BCUT2D eigenvalue weighted by Gasteiger charge is 2.30. The number of nitrogens with one attached hydrogen (secondary N) is 1. The van der Waals surface area contributed by atoms with E-state index in [1.54, 1.807) is 19.2 Å². The summed E-state index contributed by atoms with van der Waals surface area (Å²) in [6, 6.07) is 11.0. The highest BCUT2D eigenvalue weighted by molar-refractivity contribution is 6.30. The number of carbonyl (C=O) groups is 1. The van der Waals surface area contributed by atoms with Crippen molar-refractivity contribution in [2.75, 3.05) is 40.0 Å². The van der Waals surface area contributed by atoms with Gasteiger partial charge in [0.05, 0.1) is 13.2 Å². The minimum atomic E-state index is -0.0934. The van der Waals surface area contributed by atoms with Gasteiger partial charge in [-0.25, -0.2) is 0 Å². The molecule has 2 aliphatic rings. The fourth-order valence-corrected chi connectivity index (χ4v) is 3.72. The zero-order valence-corrected chi connectivity index (χ0v) is 17.0. The Balaban J connectivity index is 0.00000225. The Bertz CT molecular complexity index is 845. The molecule has 28 heavy (non-hydrogen) atoms. The van der Waals surface area contributed by atoms with E-state index in [0.29, 0.717) is 54.1 Å². The molecule has 1 fully saturated rings. The Kier molecular flexibility index (Phi) is 6.54. The van der Waals surface area contributed by atoms with E-state index < -0.39 is 0 Å². The van der Waals surface area contributed by atoms with Gasteiger partial charge in [-0.15, -0.1) is 12.4 Å². The third-order valence-corrected chi connectivity index (χ3v) is 5.05. The van der Waals surface area contributed by atoms with E-state index in [2.05, 4.69) is 5.32 Å². The minimum Gasteiger partial charge on any atom is -0.493 e. The number of piperazine rings is 1. The van der Waals surface area contributed by atoms with Gasteiger partial charge in [-0.3, -0.25) is 4.79 Å². The van der Waals surface area contributed by atoms with E-state index in [9.17, 15) is 4.79 Å². The van der Waals surface area contributed by atoms with Crippen LogP contribution in [0.2, 0.25) is 5.02 Å². The van der Waals surface area contributed by atoms with Crippen LogP contribution in [-0.4, -0.2) is 50.8 Å². The second kappa shape index (κ2) is 8.90. The Morgan fingerprint density at radius 2 is 2.07 bits per heavy atom. The number of hydrogen-bond acceptors (Lipinski definition) is 5. The summed E-state index contributed by atoms with van der Waals surface area (Å²) in [4.78, 5) is 15.2. The molecule has 8 heteroatoms. The lowest BCUT2D eigenvalue weighted by Crippen LogP contribution is -2.48. The van der Waals surface area contributed by atoms with Gasteiger partial charge in [0, 0.05) is 30.2 Å². The monoisotopic (exact) mass is 424 g/mol. The van der Waals surface area contributed by atoms with Crippen LogP contribution in [0.4, 0.5) is 0 Å². The predicted octanol–water partition coefficient (Wildman–Crippen LogP) is 3.33. The van der Waals surface area contributed by atoms with Crippen LogP contribution < -0.4 is 19.5 Å².